The molecule has 0 spiro atoms. The number of benzene rings is 1. The molecule has 9 nitrogen and oxygen atoms in total. The number of hydrogen-bond donors (Lipinski definition) is 2. The Hall–Kier alpha value is -3.63. The maximum Gasteiger partial charge on any atom is 0.316 e. The Labute approximate surface area is 192 Å². The van der Waals surface area contributed by atoms with Gasteiger partial charge in [0, 0.05) is 49.2 Å². The molecule has 0 radical (unpaired) electrons. The summed E-state index contributed by atoms with van der Waals surface area (Å²) in [7, 11) is 0.523. The monoisotopic (exact) mass is 462 g/mol. The topological polar surface area (TPSA) is 113 Å². The third-order valence-electron chi connectivity index (χ3n) is 5.67. The summed E-state index contributed by atoms with van der Waals surface area (Å²) < 4.78 is 18.8. The molecule has 1 aliphatic rings. The van der Waals surface area contributed by atoms with Crippen LogP contribution in [-0.2, 0) is 24.0 Å². The summed E-state index contributed by atoms with van der Waals surface area (Å²) in [4.78, 5) is 28.4. The van der Waals surface area contributed by atoms with Gasteiger partial charge in [0.1, 0.15) is 5.82 Å². The smallest absolute Gasteiger partial charge is 0.316 e. The quantitative estimate of drug-likeness (QED) is 0.469. The molecule has 0 saturated heterocycles. The number of H-pyrrole nitrogens is 1. The fraction of sp³-hybridized carbons (Fsp3) is 0.217. The number of nitrogens with zero attached hydrogens (tertiary/aromatic N) is 4. The minimum absolute atomic E-state index is 0.223. The van der Waals surface area contributed by atoms with Crippen molar-refractivity contribution in [3.8, 4) is 17.3 Å². The van der Waals surface area contributed by atoms with Crippen molar-refractivity contribution < 1.29 is 8.95 Å². The van der Waals surface area contributed by atoms with Crippen LogP contribution in [0, 0.1) is 0 Å². The minimum atomic E-state index is -0.986. The van der Waals surface area contributed by atoms with Gasteiger partial charge in [0.2, 0.25) is 0 Å². The lowest BCUT2D eigenvalue weighted by Gasteiger charge is -2.26. The number of methoxy groups -OCH3 is 1. The molecule has 1 aliphatic heterocycles. The lowest BCUT2D eigenvalue weighted by molar-refractivity contribution is 0.380. The van der Waals surface area contributed by atoms with Gasteiger partial charge in [-0.05, 0) is 47.2 Å². The molecule has 1 atom stereocenters. The van der Waals surface area contributed by atoms with Crippen LogP contribution in [-0.4, -0.2) is 48.4 Å². The Bertz CT molecular complexity index is 1420. The van der Waals surface area contributed by atoms with Gasteiger partial charge in [-0.25, -0.2) is 23.5 Å². The van der Waals surface area contributed by atoms with Crippen LogP contribution in [0.3, 0.4) is 0 Å². The van der Waals surface area contributed by atoms with Crippen LogP contribution >= 0.6 is 0 Å². The zero-order valence-corrected chi connectivity index (χ0v) is 19.0. The van der Waals surface area contributed by atoms with Crippen LogP contribution in [0.2, 0.25) is 0 Å². The number of rotatable bonds is 5. The van der Waals surface area contributed by atoms with Crippen LogP contribution in [0.5, 0.6) is 6.01 Å². The zero-order valence-electron chi connectivity index (χ0n) is 18.2. The number of aromatic amines is 1. The second kappa shape index (κ2) is 8.72. The van der Waals surface area contributed by atoms with Gasteiger partial charge in [0.25, 0.3) is 5.56 Å². The molecule has 5 rings (SSSR count). The predicted molar refractivity (Wildman–Crippen MR) is 128 cm³/mol. The lowest BCUT2D eigenvalue weighted by Crippen LogP contribution is -2.31. The van der Waals surface area contributed by atoms with E-state index in [9.17, 15) is 9.00 Å². The number of hydrogen-bond acceptors (Lipinski definition) is 7. The standard InChI is InChI=1S/C23H22N6O3S/c1-32-23-25-11-17(12-26-23)19-10-15-5-7-24-22(30)20(15)21(28-19)27-18-4-3-16-13-29(33(2)31)8-6-14(16)9-18/h3-5,7,9-12H,6,8,13H2,1-2H3,(H,24,30)(H,27,28). The lowest BCUT2D eigenvalue weighted by atomic mass is 10.0. The van der Waals surface area contributed by atoms with Gasteiger partial charge >= 0.3 is 6.01 Å². The number of fused-ring (bicyclic) bond motifs is 2. The molecular formula is C23H22N6O3S. The van der Waals surface area contributed by atoms with E-state index in [1.807, 2.05) is 28.6 Å². The van der Waals surface area contributed by atoms with Crippen molar-refractivity contribution in [2.45, 2.75) is 13.0 Å². The molecule has 0 saturated carbocycles. The van der Waals surface area contributed by atoms with E-state index in [0.717, 1.165) is 29.6 Å². The van der Waals surface area contributed by atoms with Gasteiger partial charge in [-0.2, -0.15) is 0 Å². The van der Waals surface area contributed by atoms with E-state index < -0.39 is 11.0 Å². The highest BCUT2D eigenvalue weighted by Gasteiger charge is 2.19. The average Bonchev–Trinajstić information content (AvgIpc) is 2.83. The molecule has 3 aromatic heterocycles. The number of pyridine rings is 2. The SMILES string of the molecule is COc1ncc(-c2cc3cc[nH]c(=O)c3c(Nc3ccc4c(c3)CCN(S(C)=O)C4)n2)cn1. The summed E-state index contributed by atoms with van der Waals surface area (Å²) in [6.45, 7) is 1.40. The normalized spacial score (nSPS) is 14.6. The van der Waals surface area contributed by atoms with Crippen LogP contribution in [0.25, 0.3) is 22.0 Å². The van der Waals surface area contributed by atoms with E-state index in [1.165, 1.54) is 12.7 Å². The third kappa shape index (κ3) is 4.22. The second-order valence-electron chi connectivity index (χ2n) is 7.73. The molecule has 10 heteroatoms. The van der Waals surface area contributed by atoms with Crippen molar-refractivity contribution in [1.82, 2.24) is 24.2 Å². The Kier molecular flexibility index (Phi) is 5.61. The fourth-order valence-electron chi connectivity index (χ4n) is 3.97. The second-order valence-corrected chi connectivity index (χ2v) is 9.10. The largest absolute Gasteiger partial charge is 0.467 e. The molecule has 0 amide bonds. The van der Waals surface area contributed by atoms with Crippen molar-refractivity contribution in [3.63, 3.8) is 0 Å². The van der Waals surface area contributed by atoms with E-state index in [1.54, 1.807) is 24.8 Å². The predicted octanol–water partition coefficient (Wildman–Crippen LogP) is 2.78. The average molecular weight is 463 g/mol. The zero-order chi connectivity index (χ0) is 22.9. The number of anilines is 2. The van der Waals surface area contributed by atoms with Gasteiger partial charge in [-0.3, -0.25) is 4.79 Å². The van der Waals surface area contributed by atoms with Gasteiger partial charge in [-0.15, -0.1) is 0 Å². The molecule has 2 N–H and O–H groups in total. The van der Waals surface area contributed by atoms with E-state index in [2.05, 4.69) is 26.3 Å². The first-order valence-corrected chi connectivity index (χ1v) is 11.9. The van der Waals surface area contributed by atoms with Crippen LogP contribution < -0.4 is 15.6 Å². The molecule has 0 fully saturated rings. The van der Waals surface area contributed by atoms with E-state index in [-0.39, 0.29) is 11.6 Å². The molecule has 1 aromatic carbocycles. The Morgan fingerprint density at radius 3 is 2.73 bits per heavy atom. The van der Waals surface area contributed by atoms with Crippen LogP contribution in [0.4, 0.5) is 11.5 Å². The number of ether oxygens (including phenoxy) is 1. The molecular weight excluding hydrogens is 440 g/mol. The van der Waals surface area contributed by atoms with Gasteiger partial charge in [-0.1, -0.05) is 6.07 Å². The third-order valence-corrected chi connectivity index (χ3v) is 6.71. The first kappa shape index (κ1) is 21.2. The first-order valence-electron chi connectivity index (χ1n) is 10.4. The first-order chi connectivity index (χ1) is 16.0. The summed E-state index contributed by atoms with van der Waals surface area (Å²) in [6.07, 6.45) is 7.40. The summed E-state index contributed by atoms with van der Waals surface area (Å²) in [6, 6.07) is 10.0. The van der Waals surface area contributed by atoms with Crippen molar-refractivity contribution in [2.75, 3.05) is 25.2 Å². The molecule has 4 heterocycles. The van der Waals surface area contributed by atoms with Crippen LogP contribution in [0.1, 0.15) is 11.1 Å². The molecule has 0 aliphatic carbocycles. The highest BCUT2D eigenvalue weighted by atomic mass is 32.2. The number of nitrogens with one attached hydrogen (secondary N) is 2. The maximum absolute atomic E-state index is 12.6. The van der Waals surface area contributed by atoms with Gasteiger partial charge < -0.3 is 15.0 Å². The summed E-state index contributed by atoms with van der Waals surface area (Å²) in [5.74, 6) is 0.451. The summed E-state index contributed by atoms with van der Waals surface area (Å²) in [5.41, 5.74) is 4.30. The summed E-state index contributed by atoms with van der Waals surface area (Å²) >= 11 is 0. The van der Waals surface area contributed by atoms with E-state index >= 15 is 0 Å². The number of aromatic nitrogens is 4. The highest BCUT2D eigenvalue weighted by Crippen LogP contribution is 2.29. The maximum atomic E-state index is 12.6. The minimum Gasteiger partial charge on any atom is -0.467 e. The Morgan fingerprint density at radius 2 is 1.97 bits per heavy atom. The van der Waals surface area contributed by atoms with Gasteiger partial charge in [0.05, 0.1) is 29.2 Å². The fourth-order valence-corrected chi connectivity index (χ4v) is 4.64. The van der Waals surface area contributed by atoms with Crippen molar-refractivity contribution in [3.05, 3.63) is 70.4 Å². The molecule has 33 heavy (non-hydrogen) atoms. The summed E-state index contributed by atoms with van der Waals surface area (Å²) in [5, 5.41) is 4.56. The van der Waals surface area contributed by atoms with E-state index in [0.29, 0.717) is 29.0 Å². The molecule has 0 bridgehead atoms. The van der Waals surface area contributed by atoms with Gasteiger partial charge in [0.15, 0.2) is 0 Å². The van der Waals surface area contributed by atoms with Crippen LogP contribution in [0.15, 0.2) is 53.7 Å². The Morgan fingerprint density at radius 1 is 1.15 bits per heavy atom. The molecule has 1 unspecified atom stereocenters. The van der Waals surface area contributed by atoms with E-state index in [4.69, 9.17) is 9.72 Å². The van der Waals surface area contributed by atoms with Crippen molar-refractivity contribution in [2.24, 2.45) is 0 Å². The molecule has 4 aromatic rings. The van der Waals surface area contributed by atoms with Crippen molar-refractivity contribution >= 4 is 33.3 Å². The highest BCUT2D eigenvalue weighted by molar-refractivity contribution is 7.81. The van der Waals surface area contributed by atoms with Crippen molar-refractivity contribution in [1.29, 1.82) is 0 Å². The molecule has 168 valence electrons. The Balaban J connectivity index is 1.55.